The van der Waals surface area contributed by atoms with Gasteiger partial charge in [-0.25, -0.2) is 4.79 Å². The molecule has 0 aliphatic heterocycles. The van der Waals surface area contributed by atoms with E-state index in [4.69, 9.17) is 9.84 Å². The fourth-order valence-corrected chi connectivity index (χ4v) is 1.31. The zero-order valence-corrected chi connectivity index (χ0v) is 10.3. The Morgan fingerprint density at radius 2 is 2.26 bits per heavy atom. The maximum atomic E-state index is 11.3. The van der Waals surface area contributed by atoms with Crippen LogP contribution in [0.5, 0.6) is 5.75 Å². The van der Waals surface area contributed by atoms with Crippen LogP contribution in [-0.2, 0) is 4.74 Å². The second-order valence-corrected chi connectivity index (χ2v) is 3.35. The molecule has 104 valence electrons. The molecule has 1 aromatic rings. The molecular weight excluding hydrogens is 256 g/mol. The van der Waals surface area contributed by atoms with Crippen molar-refractivity contribution in [3.63, 3.8) is 0 Å². The Morgan fingerprint density at radius 1 is 1.53 bits per heavy atom. The van der Waals surface area contributed by atoms with E-state index < -0.39 is 11.0 Å². The Kier molecular flexibility index (Phi) is 5.55. The van der Waals surface area contributed by atoms with Gasteiger partial charge in [-0.15, -0.1) is 0 Å². The first-order valence-corrected chi connectivity index (χ1v) is 5.54. The molecule has 0 saturated carbocycles. The Labute approximate surface area is 109 Å². The van der Waals surface area contributed by atoms with Crippen LogP contribution < -0.4 is 10.1 Å². The van der Waals surface area contributed by atoms with E-state index in [0.29, 0.717) is 12.4 Å². The molecule has 0 saturated heterocycles. The van der Waals surface area contributed by atoms with Gasteiger partial charge < -0.3 is 14.6 Å². The van der Waals surface area contributed by atoms with Crippen LogP contribution in [0.15, 0.2) is 18.2 Å². The van der Waals surface area contributed by atoms with Gasteiger partial charge in [-0.3, -0.25) is 15.4 Å². The lowest BCUT2D eigenvalue weighted by Gasteiger charge is -2.08. The molecule has 0 heterocycles. The summed E-state index contributed by atoms with van der Waals surface area (Å²) in [6.45, 7) is 1.63. The molecule has 0 unspecified atom stereocenters. The van der Waals surface area contributed by atoms with Crippen LogP contribution in [0.2, 0.25) is 0 Å². The van der Waals surface area contributed by atoms with Crippen molar-refractivity contribution in [2.75, 3.05) is 25.1 Å². The SMILES string of the molecule is CCOc1ccc(NC(=O)OCCO)c([N+](=O)[O-])c1. The van der Waals surface area contributed by atoms with Crippen LogP contribution in [0.25, 0.3) is 0 Å². The number of nitro groups is 1. The van der Waals surface area contributed by atoms with E-state index in [9.17, 15) is 14.9 Å². The fraction of sp³-hybridized carbons (Fsp3) is 0.364. The average molecular weight is 270 g/mol. The summed E-state index contributed by atoms with van der Waals surface area (Å²) >= 11 is 0. The number of anilines is 1. The van der Waals surface area contributed by atoms with Gasteiger partial charge in [0.05, 0.1) is 24.2 Å². The van der Waals surface area contributed by atoms with Crippen LogP contribution in [0, 0.1) is 10.1 Å². The molecule has 8 nitrogen and oxygen atoms in total. The van der Waals surface area contributed by atoms with E-state index in [-0.39, 0.29) is 24.6 Å². The van der Waals surface area contributed by atoms with Gasteiger partial charge in [0.2, 0.25) is 0 Å². The topological polar surface area (TPSA) is 111 Å². The monoisotopic (exact) mass is 270 g/mol. The molecule has 0 spiro atoms. The maximum absolute atomic E-state index is 11.3. The molecule has 0 atom stereocenters. The first-order valence-electron chi connectivity index (χ1n) is 5.54. The predicted octanol–water partition coefficient (Wildman–Crippen LogP) is 1.53. The van der Waals surface area contributed by atoms with Crippen LogP contribution in [0.3, 0.4) is 0 Å². The molecule has 0 bridgehead atoms. The molecule has 19 heavy (non-hydrogen) atoms. The highest BCUT2D eigenvalue weighted by molar-refractivity contribution is 5.88. The first-order chi connectivity index (χ1) is 9.08. The normalized spacial score (nSPS) is 9.79. The Hall–Kier alpha value is -2.35. The highest BCUT2D eigenvalue weighted by atomic mass is 16.6. The van der Waals surface area contributed by atoms with Crippen molar-refractivity contribution in [2.24, 2.45) is 0 Å². The zero-order chi connectivity index (χ0) is 14.3. The van der Waals surface area contributed by atoms with E-state index in [1.807, 2.05) is 0 Å². The summed E-state index contributed by atoms with van der Waals surface area (Å²) in [6, 6.07) is 4.06. The number of carbonyl (C=O) groups excluding carboxylic acids is 1. The second kappa shape index (κ2) is 7.17. The molecule has 8 heteroatoms. The van der Waals surface area contributed by atoms with Gasteiger partial charge in [0.1, 0.15) is 18.0 Å². The average Bonchev–Trinajstić information content (AvgIpc) is 2.38. The fourth-order valence-electron chi connectivity index (χ4n) is 1.31. The summed E-state index contributed by atoms with van der Waals surface area (Å²) in [7, 11) is 0. The van der Waals surface area contributed by atoms with Gasteiger partial charge >= 0.3 is 6.09 Å². The number of benzene rings is 1. The summed E-state index contributed by atoms with van der Waals surface area (Å²) in [5.41, 5.74) is -0.303. The largest absolute Gasteiger partial charge is 0.494 e. The molecule has 0 radical (unpaired) electrons. The molecule has 2 N–H and O–H groups in total. The van der Waals surface area contributed by atoms with Gasteiger partial charge in [-0.2, -0.15) is 0 Å². The number of aliphatic hydroxyl groups excluding tert-OH is 1. The van der Waals surface area contributed by atoms with Crippen molar-refractivity contribution in [1.29, 1.82) is 0 Å². The number of nitrogens with one attached hydrogen (secondary N) is 1. The van der Waals surface area contributed by atoms with Crippen LogP contribution in [0.4, 0.5) is 16.2 Å². The minimum atomic E-state index is -0.874. The summed E-state index contributed by atoms with van der Waals surface area (Å²) in [6.07, 6.45) is -0.874. The number of ether oxygens (including phenoxy) is 2. The minimum Gasteiger partial charge on any atom is -0.494 e. The number of nitrogens with zero attached hydrogens (tertiary/aromatic N) is 1. The number of rotatable bonds is 6. The van der Waals surface area contributed by atoms with E-state index >= 15 is 0 Å². The van der Waals surface area contributed by atoms with Crippen molar-refractivity contribution in [1.82, 2.24) is 0 Å². The lowest BCUT2D eigenvalue weighted by atomic mass is 10.2. The minimum absolute atomic E-state index is 0.00334. The van der Waals surface area contributed by atoms with Crippen LogP contribution >= 0.6 is 0 Å². The molecular formula is C11H14N2O6. The molecule has 0 aromatic heterocycles. The van der Waals surface area contributed by atoms with Crippen LogP contribution in [0.1, 0.15) is 6.92 Å². The third-order valence-corrected chi connectivity index (χ3v) is 2.04. The van der Waals surface area contributed by atoms with E-state index in [0.717, 1.165) is 0 Å². The molecule has 0 aliphatic carbocycles. The Balaban J connectivity index is 2.87. The van der Waals surface area contributed by atoms with Crippen molar-refractivity contribution in [2.45, 2.75) is 6.92 Å². The third kappa shape index (κ3) is 4.43. The summed E-state index contributed by atoms with van der Waals surface area (Å²) in [5.74, 6) is 0.337. The highest BCUT2D eigenvalue weighted by Gasteiger charge is 2.17. The van der Waals surface area contributed by atoms with Gasteiger partial charge in [0.25, 0.3) is 5.69 Å². The van der Waals surface area contributed by atoms with E-state index in [2.05, 4.69) is 10.1 Å². The molecule has 0 aliphatic rings. The quantitative estimate of drug-likeness (QED) is 0.599. The summed E-state index contributed by atoms with van der Waals surface area (Å²) in [4.78, 5) is 21.5. The van der Waals surface area contributed by atoms with Gasteiger partial charge in [0, 0.05) is 0 Å². The first kappa shape index (κ1) is 14.7. The summed E-state index contributed by atoms with van der Waals surface area (Å²) in [5, 5.41) is 21.6. The number of amides is 1. The Bertz CT molecular complexity index is 462. The number of hydrogen-bond acceptors (Lipinski definition) is 6. The number of nitro benzene ring substituents is 1. The predicted molar refractivity (Wildman–Crippen MR) is 66.3 cm³/mol. The number of carbonyl (C=O) groups is 1. The smallest absolute Gasteiger partial charge is 0.411 e. The number of aliphatic hydroxyl groups is 1. The molecule has 1 aromatic carbocycles. The standard InChI is InChI=1S/C11H14N2O6/c1-2-18-8-3-4-9(10(7-8)13(16)17)12-11(15)19-6-5-14/h3-4,7,14H,2,5-6H2,1H3,(H,12,15). The van der Waals surface area contributed by atoms with E-state index in [1.54, 1.807) is 6.92 Å². The van der Waals surface area contributed by atoms with Crippen molar-refractivity contribution < 1.29 is 24.3 Å². The zero-order valence-electron chi connectivity index (χ0n) is 10.3. The molecule has 1 rings (SSSR count). The van der Waals surface area contributed by atoms with Crippen molar-refractivity contribution in [3.05, 3.63) is 28.3 Å². The third-order valence-electron chi connectivity index (χ3n) is 2.04. The highest BCUT2D eigenvalue weighted by Crippen LogP contribution is 2.29. The lowest BCUT2D eigenvalue weighted by molar-refractivity contribution is -0.384. The van der Waals surface area contributed by atoms with Gasteiger partial charge in [-0.1, -0.05) is 0 Å². The van der Waals surface area contributed by atoms with Crippen LogP contribution in [-0.4, -0.2) is 35.9 Å². The number of hydrogen-bond donors (Lipinski definition) is 2. The maximum Gasteiger partial charge on any atom is 0.411 e. The Morgan fingerprint density at radius 3 is 2.84 bits per heavy atom. The van der Waals surface area contributed by atoms with Crippen molar-refractivity contribution in [3.8, 4) is 5.75 Å². The molecule has 0 fully saturated rings. The van der Waals surface area contributed by atoms with Crippen molar-refractivity contribution >= 4 is 17.5 Å². The second-order valence-electron chi connectivity index (χ2n) is 3.35. The van der Waals surface area contributed by atoms with E-state index in [1.165, 1.54) is 18.2 Å². The van der Waals surface area contributed by atoms with Gasteiger partial charge in [0.15, 0.2) is 0 Å². The molecule has 1 amide bonds. The lowest BCUT2D eigenvalue weighted by Crippen LogP contribution is -2.16. The van der Waals surface area contributed by atoms with Gasteiger partial charge in [-0.05, 0) is 19.1 Å². The summed E-state index contributed by atoms with van der Waals surface area (Å²) < 4.78 is 9.69.